The SMILES string of the molecule is CC[C@H](C)[C@H](NC(=O)[C@H](Cc1ccc(O)cc1)NC(=O)[C@H](CC(C)C)NC(=O)[C@H](Cc1c[nH]cn1)NC(=O)[C@H](CCCCN)NC(=O)[C@H](CO)NC(=O)[C@H](C)NC(=O)[C@H](CC(C)C)NC(=O)[C@H](CCCCN)NC(=O)CNC(=O)[C@H](CO)NC(=O)[C@H](C)NC(=O)[C@H](CCCCN)NC(=O)CNC(=O)[C@H](CCCNC(=N)N)NC(=O)[C@H](CC(C)C)NC(=O)[C@@H](N)CCC(N)=O)C(=O)NCC(=O)NCC(=O)N[C@@H](CC(=O)O)C(=O)O. The summed E-state index contributed by atoms with van der Waals surface area (Å²) in [7, 11) is 0. The Balaban J connectivity index is 2.33. The molecular formula is C92H155N29O27. The fourth-order valence-corrected chi connectivity index (χ4v) is 14.3. The molecule has 0 saturated heterocycles. The summed E-state index contributed by atoms with van der Waals surface area (Å²) in [6, 6.07) is -18.5. The molecule has 2 aromatic rings. The lowest BCUT2D eigenvalue weighted by molar-refractivity contribution is -0.147. The molecule has 20 amide bonds. The van der Waals surface area contributed by atoms with Crippen LogP contribution in [0.3, 0.4) is 0 Å². The van der Waals surface area contributed by atoms with E-state index in [2.05, 4.69) is 111 Å². The number of imidazole rings is 1. The first kappa shape index (κ1) is 130. The second kappa shape index (κ2) is 69.6. The maximum Gasteiger partial charge on any atom is 0.326 e. The number of nitrogens with zero attached hydrogens (tertiary/aromatic N) is 1. The normalized spacial score (nSPS) is 14.6. The average molecular weight is 2100 g/mol. The molecule has 0 radical (unpaired) electrons. The summed E-state index contributed by atoms with van der Waals surface area (Å²) in [6.45, 7) is 11.2. The first-order valence-electron chi connectivity index (χ1n) is 49.1. The number of carboxylic acids is 2. The highest BCUT2D eigenvalue weighted by Gasteiger charge is 2.40. The third kappa shape index (κ3) is 52.1. The predicted molar refractivity (Wildman–Crippen MR) is 533 cm³/mol. The number of aliphatic hydroxyl groups excluding tert-OH is 2. The van der Waals surface area contributed by atoms with Crippen LogP contribution < -0.4 is 141 Å². The van der Waals surface area contributed by atoms with Crippen LogP contribution in [0.4, 0.5) is 0 Å². The molecule has 1 aromatic carbocycles. The van der Waals surface area contributed by atoms with Crippen molar-refractivity contribution in [2.75, 3.05) is 65.6 Å². The van der Waals surface area contributed by atoms with Crippen LogP contribution in [-0.4, -0.2) is 334 Å². The van der Waals surface area contributed by atoms with Crippen LogP contribution in [0.15, 0.2) is 36.8 Å². The molecule has 1 heterocycles. The van der Waals surface area contributed by atoms with Crippen molar-refractivity contribution in [3.8, 4) is 5.75 Å². The molecule has 148 heavy (non-hydrogen) atoms. The number of hydrogen-bond donors (Lipinski definition) is 33. The number of phenols is 1. The Hall–Kier alpha value is -14.4. The minimum Gasteiger partial charge on any atom is -0.508 e. The lowest BCUT2D eigenvalue weighted by Crippen LogP contribution is -2.61. The van der Waals surface area contributed by atoms with Gasteiger partial charge in [0.1, 0.15) is 96.4 Å². The number of aliphatic hydroxyl groups is 2. The molecule has 2 rings (SSSR count). The number of H-pyrrole nitrogens is 1. The zero-order valence-corrected chi connectivity index (χ0v) is 85.4. The van der Waals surface area contributed by atoms with E-state index in [4.69, 9.17) is 44.9 Å². The number of aromatic amines is 1. The van der Waals surface area contributed by atoms with Gasteiger partial charge in [-0.2, -0.15) is 0 Å². The van der Waals surface area contributed by atoms with Gasteiger partial charge in [-0.3, -0.25) is 106 Å². The highest BCUT2D eigenvalue weighted by Crippen LogP contribution is 2.18. The highest BCUT2D eigenvalue weighted by atomic mass is 16.4. The molecule has 0 saturated carbocycles. The number of rotatable bonds is 74. The third-order valence-electron chi connectivity index (χ3n) is 22.7. The molecule has 56 heteroatoms. The van der Waals surface area contributed by atoms with Crippen molar-refractivity contribution in [3.05, 3.63) is 48.0 Å². The lowest BCUT2D eigenvalue weighted by Gasteiger charge is -2.29. The number of phenolic OH excluding ortho intramolecular Hbond substituents is 1. The number of nitrogens with two attached hydrogens (primary N) is 6. The number of benzene rings is 1. The fourth-order valence-electron chi connectivity index (χ4n) is 14.3. The van der Waals surface area contributed by atoms with E-state index in [1.54, 1.807) is 55.4 Å². The summed E-state index contributed by atoms with van der Waals surface area (Å²) in [6.07, 6.45) is 2.41. The number of aromatic hydroxyl groups is 1. The van der Waals surface area contributed by atoms with E-state index in [1.165, 1.54) is 50.6 Å². The number of unbranched alkanes of at least 4 members (excludes halogenated alkanes) is 3. The average Bonchev–Trinajstić information content (AvgIpc) is 1.32. The first-order valence-corrected chi connectivity index (χ1v) is 49.1. The number of amides is 20. The van der Waals surface area contributed by atoms with E-state index in [1.807, 2.05) is 5.32 Å². The summed E-state index contributed by atoms with van der Waals surface area (Å²) in [5.41, 5.74) is 34.5. The van der Waals surface area contributed by atoms with E-state index in [-0.39, 0.29) is 164 Å². The highest BCUT2D eigenvalue weighted by molar-refractivity contribution is 6.02. The molecule has 0 fully saturated rings. The van der Waals surface area contributed by atoms with Gasteiger partial charge in [-0.15, -0.1) is 0 Å². The van der Waals surface area contributed by atoms with Crippen molar-refractivity contribution in [1.29, 1.82) is 5.41 Å². The topological polar surface area (TPSA) is 926 Å². The van der Waals surface area contributed by atoms with Gasteiger partial charge in [-0.25, -0.2) is 9.78 Å². The Morgan fingerprint density at radius 2 is 0.730 bits per heavy atom. The van der Waals surface area contributed by atoms with Crippen molar-refractivity contribution < 1.29 is 131 Å². The van der Waals surface area contributed by atoms with Gasteiger partial charge in [-0.1, -0.05) is 73.9 Å². The Bertz CT molecular complexity index is 4710. The zero-order chi connectivity index (χ0) is 112. The van der Waals surface area contributed by atoms with Gasteiger partial charge in [0.25, 0.3) is 0 Å². The third-order valence-corrected chi connectivity index (χ3v) is 22.7. The molecule has 1 aromatic heterocycles. The second-order valence-corrected chi connectivity index (χ2v) is 36.9. The number of aromatic nitrogens is 2. The van der Waals surface area contributed by atoms with Gasteiger partial charge in [0.15, 0.2) is 5.96 Å². The van der Waals surface area contributed by atoms with Crippen LogP contribution in [0.25, 0.3) is 0 Å². The molecule has 0 aliphatic rings. The molecule has 0 spiro atoms. The van der Waals surface area contributed by atoms with Crippen molar-refractivity contribution in [2.24, 2.45) is 58.1 Å². The van der Waals surface area contributed by atoms with E-state index in [9.17, 15) is 126 Å². The Kier molecular flexibility index (Phi) is 61.0. The summed E-state index contributed by atoms with van der Waals surface area (Å²) < 4.78 is 0. The largest absolute Gasteiger partial charge is 0.508 e. The standard InChI is InChI=1S/C92H155N29O27/c1-11-50(8)75(90(146)105-40-70(126)102-41-71(127)111-66(91(147)148)38-74(130)131)121-88(144)64(36-53-23-25-55(124)26-24-53)117-86(142)63(35-49(6)7)116-87(143)65(37-54-39-100-46-106-54)118-83(139)60(21-14-17-31-95)113-89(145)68(45-123)120-77(133)52(10)108-84(140)61(33-47(2)3)115-82(138)59(20-13-16-30-94)110-73(129)43-104-80(136)67(44-122)119-76(132)51(9)107-81(137)58(19-12-15-29-93)109-72(128)42-103-79(135)57(22-18-32-101-92(98)99)112-85(141)62(34-48(4)5)114-78(134)56(96)27-28-69(97)125/h23-26,39,46-52,56-68,75,122-124H,11-22,27-38,40-45,93-96H2,1-10H3,(H2,97,125)(H,100,106)(H,102,126)(H,103,135)(H,104,136)(H,105,146)(H,107,137)(H,108,140)(H,109,128)(H,110,129)(H,111,127)(H,112,141)(H,113,145)(H,114,134)(H,115,138)(H,116,143)(H,117,142)(H,118,139)(H,119,132)(H,120,133)(H,121,144)(H,130,131)(H,147,148)(H4,98,99,101)/t50-,51-,52-,56-,57-,58-,59-,60-,61-,62-,63-,64-,65-,66-,67-,68-,75-/m0/s1. The van der Waals surface area contributed by atoms with Gasteiger partial charge >= 0.3 is 11.9 Å². The molecule has 0 unspecified atom stereocenters. The number of hydrogen-bond acceptors (Lipinski definition) is 31. The van der Waals surface area contributed by atoms with Crippen LogP contribution in [0.2, 0.25) is 0 Å². The minimum absolute atomic E-state index is 0.0452. The smallest absolute Gasteiger partial charge is 0.326 e. The summed E-state index contributed by atoms with van der Waals surface area (Å²) >= 11 is 0. The zero-order valence-electron chi connectivity index (χ0n) is 85.4. The van der Waals surface area contributed by atoms with E-state index in [0.717, 1.165) is 0 Å². The van der Waals surface area contributed by atoms with Crippen molar-refractivity contribution >= 4 is 136 Å². The quantitative estimate of drug-likeness (QED) is 0.0166. The molecule has 0 aliphatic carbocycles. The molecule has 0 aliphatic heterocycles. The number of nitrogens with one attached hydrogen (secondary N) is 22. The molecule has 0 bridgehead atoms. The van der Waals surface area contributed by atoms with E-state index >= 15 is 0 Å². The van der Waals surface area contributed by atoms with Gasteiger partial charge < -0.3 is 171 Å². The number of guanidine groups is 1. The van der Waals surface area contributed by atoms with Gasteiger partial charge in [0.2, 0.25) is 118 Å². The molecular weight excluding hydrogens is 1940 g/mol. The van der Waals surface area contributed by atoms with Crippen LogP contribution in [0.1, 0.15) is 196 Å². The Labute approximate surface area is 856 Å². The minimum atomic E-state index is -1.84. The molecule has 17 atom stereocenters. The van der Waals surface area contributed by atoms with E-state index < -0.39 is 278 Å². The van der Waals surface area contributed by atoms with Crippen molar-refractivity contribution in [3.63, 3.8) is 0 Å². The molecule has 39 N–H and O–H groups in total. The van der Waals surface area contributed by atoms with Crippen molar-refractivity contribution in [1.82, 2.24) is 116 Å². The number of carbonyl (C=O) groups excluding carboxylic acids is 20. The number of carboxylic acid groups (broad SMARTS) is 2. The maximum absolute atomic E-state index is 14.8. The fraction of sp³-hybridized carbons (Fsp3) is 0.652. The summed E-state index contributed by atoms with van der Waals surface area (Å²) in [5.74, 6) is -24.2. The number of carbonyl (C=O) groups is 22. The monoisotopic (exact) mass is 2100 g/mol. The van der Waals surface area contributed by atoms with Crippen LogP contribution in [0, 0.1) is 29.1 Å². The predicted octanol–water partition coefficient (Wildman–Crippen LogP) is -10.4. The van der Waals surface area contributed by atoms with Crippen LogP contribution in [0.5, 0.6) is 5.75 Å². The molecule has 830 valence electrons. The maximum atomic E-state index is 14.8. The van der Waals surface area contributed by atoms with Crippen molar-refractivity contribution in [2.45, 2.75) is 294 Å². The molecule has 56 nitrogen and oxygen atoms in total. The Morgan fingerprint density at radius 1 is 0.378 bits per heavy atom. The van der Waals surface area contributed by atoms with E-state index in [0.29, 0.717) is 24.8 Å². The Morgan fingerprint density at radius 3 is 1.15 bits per heavy atom. The first-order chi connectivity index (χ1) is 69.8. The number of aliphatic carboxylic acids is 2. The second-order valence-electron chi connectivity index (χ2n) is 36.9. The van der Waals surface area contributed by atoms with Gasteiger partial charge in [0, 0.05) is 32.0 Å². The summed E-state index contributed by atoms with van der Waals surface area (Å²) in [4.78, 5) is 304. The van der Waals surface area contributed by atoms with Crippen LogP contribution >= 0.6 is 0 Å². The van der Waals surface area contributed by atoms with Crippen LogP contribution in [-0.2, 0) is 118 Å². The summed E-state index contributed by atoms with van der Waals surface area (Å²) in [5, 5.41) is 106. The van der Waals surface area contributed by atoms with Gasteiger partial charge in [-0.05, 0) is 171 Å². The number of primary amides is 1. The van der Waals surface area contributed by atoms with Gasteiger partial charge in [0.05, 0.1) is 63.9 Å². The lowest BCUT2D eigenvalue weighted by atomic mass is 9.96.